The summed E-state index contributed by atoms with van der Waals surface area (Å²) in [7, 11) is 0. The Morgan fingerprint density at radius 1 is 1.12 bits per heavy atom. The smallest absolute Gasteiger partial charge is 0.254 e. The normalized spacial score (nSPS) is 19.9. The minimum atomic E-state index is -1.02. The van der Waals surface area contributed by atoms with Crippen molar-refractivity contribution in [2.24, 2.45) is 0 Å². The molecule has 2 amide bonds. The molecule has 7 heteroatoms. The lowest BCUT2D eigenvalue weighted by Gasteiger charge is -2.37. The summed E-state index contributed by atoms with van der Waals surface area (Å²) in [6, 6.07) is 3.28. The van der Waals surface area contributed by atoms with Gasteiger partial charge in [-0.25, -0.2) is 8.78 Å². The molecule has 2 fully saturated rings. The Morgan fingerprint density at radius 2 is 1.79 bits per heavy atom. The van der Waals surface area contributed by atoms with Gasteiger partial charge in [0, 0.05) is 37.8 Å². The van der Waals surface area contributed by atoms with E-state index in [4.69, 9.17) is 0 Å². The predicted octanol–water partition coefficient (Wildman–Crippen LogP) is 1.39. The lowest BCUT2D eigenvalue weighted by atomic mass is 10.1. The first-order valence-electron chi connectivity index (χ1n) is 8.24. The van der Waals surface area contributed by atoms with Crippen LogP contribution in [0, 0.1) is 11.6 Å². The van der Waals surface area contributed by atoms with Crippen molar-refractivity contribution in [3.05, 3.63) is 35.4 Å². The van der Waals surface area contributed by atoms with E-state index in [0.29, 0.717) is 32.2 Å². The molecule has 1 aromatic rings. The molecule has 3 rings (SSSR count). The minimum absolute atomic E-state index is 0.0258. The Kier molecular flexibility index (Phi) is 4.80. The lowest BCUT2D eigenvalue weighted by molar-refractivity contribution is -0.126. The summed E-state index contributed by atoms with van der Waals surface area (Å²) in [4.78, 5) is 28.1. The van der Waals surface area contributed by atoms with Crippen LogP contribution in [0.3, 0.4) is 0 Å². The van der Waals surface area contributed by atoms with Gasteiger partial charge in [-0.2, -0.15) is 0 Å². The van der Waals surface area contributed by atoms with Crippen molar-refractivity contribution in [3.8, 4) is 0 Å². The number of rotatable bonds is 4. The van der Waals surface area contributed by atoms with E-state index in [1.165, 1.54) is 6.07 Å². The monoisotopic (exact) mass is 337 g/mol. The van der Waals surface area contributed by atoms with Crippen LogP contribution in [0.4, 0.5) is 8.78 Å². The van der Waals surface area contributed by atoms with Crippen LogP contribution >= 0.6 is 0 Å². The molecule has 1 aliphatic carbocycles. The van der Waals surface area contributed by atoms with Gasteiger partial charge in [0.1, 0.15) is 0 Å². The Bertz CT molecular complexity index is 641. The number of halogens is 2. The molecule has 1 saturated heterocycles. The Hall–Kier alpha value is -2.02. The van der Waals surface area contributed by atoms with Crippen molar-refractivity contribution >= 4 is 11.8 Å². The molecular formula is C17H21F2N3O2. The molecule has 1 heterocycles. The van der Waals surface area contributed by atoms with Crippen LogP contribution in [0.5, 0.6) is 0 Å². The van der Waals surface area contributed by atoms with E-state index in [1.54, 1.807) is 4.90 Å². The largest absolute Gasteiger partial charge is 0.352 e. The van der Waals surface area contributed by atoms with Crippen LogP contribution in [0.15, 0.2) is 18.2 Å². The maximum atomic E-state index is 13.3. The van der Waals surface area contributed by atoms with E-state index in [1.807, 2.05) is 11.8 Å². The maximum absolute atomic E-state index is 13.3. The molecule has 1 N–H and O–H groups in total. The molecule has 1 saturated carbocycles. The van der Waals surface area contributed by atoms with Crippen molar-refractivity contribution in [2.45, 2.75) is 31.8 Å². The molecule has 1 aromatic carbocycles. The summed E-state index contributed by atoms with van der Waals surface area (Å²) >= 11 is 0. The van der Waals surface area contributed by atoms with Gasteiger partial charge in [-0.3, -0.25) is 14.5 Å². The highest BCUT2D eigenvalue weighted by Crippen LogP contribution is 2.19. The third-order valence-electron chi connectivity index (χ3n) is 4.62. The standard InChI is InChI=1S/C17H21F2N3O2/c1-11(16(23)20-13-3-4-13)21-6-8-22(9-7-21)17(24)12-2-5-14(18)15(19)10-12/h2,5,10-11,13H,3-4,6-9H2,1H3,(H,20,23). The second-order valence-corrected chi connectivity index (χ2v) is 6.42. The average Bonchev–Trinajstić information content (AvgIpc) is 3.40. The van der Waals surface area contributed by atoms with Gasteiger partial charge >= 0.3 is 0 Å². The molecule has 130 valence electrons. The van der Waals surface area contributed by atoms with Gasteiger partial charge in [0.05, 0.1) is 6.04 Å². The van der Waals surface area contributed by atoms with Gasteiger partial charge < -0.3 is 10.2 Å². The van der Waals surface area contributed by atoms with Crippen molar-refractivity contribution in [3.63, 3.8) is 0 Å². The first-order chi connectivity index (χ1) is 11.5. The number of piperazine rings is 1. The lowest BCUT2D eigenvalue weighted by Crippen LogP contribution is -2.55. The fourth-order valence-corrected chi connectivity index (χ4v) is 2.84. The zero-order valence-corrected chi connectivity index (χ0v) is 13.6. The zero-order valence-electron chi connectivity index (χ0n) is 13.6. The summed E-state index contributed by atoms with van der Waals surface area (Å²) in [5.41, 5.74) is 0.141. The Balaban J connectivity index is 1.54. The second kappa shape index (κ2) is 6.84. The number of amides is 2. The van der Waals surface area contributed by atoms with E-state index in [0.717, 1.165) is 25.0 Å². The molecule has 0 bridgehead atoms. The summed E-state index contributed by atoms with van der Waals surface area (Å²) in [6.45, 7) is 3.94. The van der Waals surface area contributed by atoms with Crippen molar-refractivity contribution in [1.82, 2.24) is 15.1 Å². The molecule has 0 aromatic heterocycles. The molecule has 1 aliphatic heterocycles. The van der Waals surface area contributed by atoms with E-state index in [-0.39, 0.29) is 23.4 Å². The highest BCUT2D eigenvalue weighted by Gasteiger charge is 2.31. The molecule has 0 radical (unpaired) electrons. The number of nitrogens with zero attached hydrogens (tertiary/aromatic N) is 2. The van der Waals surface area contributed by atoms with Gasteiger partial charge in [0.25, 0.3) is 5.91 Å². The van der Waals surface area contributed by atoms with E-state index < -0.39 is 11.6 Å². The van der Waals surface area contributed by atoms with Crippen LogP contribution in [0.1, 0.15) is 30.1 Å². The third kappa shape index (κ3) is 3.72. The fraction of sp³-hybridized carbons (Fsp3) is 0.529. The SMILES string of the molecule is CC(C(=O)NC1CC1)N1CCN(C(=O)c2ccc(F)c(F)c2)CC1. The van der Waals surface area contributed by atoms with Crippen LogP contribution in [-0.4, -0.2) is 59.9 Å². The van der Waals surface area contributed by atoms with Crippen LogP contribution < -0.4 is 5.32 Å². The topological polar surface area (TPSA) is 52.7 Å². The van der Waals surface area contributed by atoms with Crippen LogP contribution in [-0.2, 0) is 4.79 Å². The minimum Gasteiger partial charge on any atom is -0.352 e. The number of hydrogen-bond donors (Lipinski definition) is 1. The van der Waals surface area contributed by atoms with E-state index in [9.17, 15) is 18.4 Å². The fourth-order valence-electron chi connectivity index (χ4n) is 2.84. The number of carbonyl (C=O) groups is 2. The highest BCUT2D eigenvalue weighted by atomic mass is 19.2. The van der Waals surface area contributed by atoms with E-state index >= 15 is 0 Å². The Labute approximate surface area is 139 Å². The van der Waals surface area contributed by atoms with Crippen molar-refractivity contribution < 1.29 is 18.4 Å². The molecule has 2 aliphatic rings. The molecular weight excluding hydrogens is 316 g/mol. The van der Waals surface area contributed by atoms with Crippen LogP contribution in [0.25, 0.3) is 0 Å². The molecule has 0 spiro atoms. The van der Waals surface area contributed by atoms with Crippen molar-refractivity contribution in [1.29, 1.82) is 0 Å². The molecule has 1 unspecified atom stereocenters. The number of carbonyl (C=O) groups excluding carboxylic acids is 2. The van der Waals surface area contributed by atoms with Gasteiger partial charge in [0.2, 0.25) is 5.91 Å². The van der Waals surface area contributed by atoms with E-state index in [2.05, 4.69) is 5.32 Å². The maximum Gasteiger partial charge on any atom is 0.254 e. The third-order valence-corrected chi connectivity index (χ3v) is 4.62. The quantitative estimate of drug-likeness (QED) is 0.903. The Morgan fingerprint density at radius 3 is 2.38 bits per heavy atom. The van der Waals surface area contributed by atoms with Gasteiger partial charge in [-0.15, -0.1) is 0 Å². The number of nitrogens with one attached hydrogen (secondary N) is 1. The molecule has 1 atom stereocenters. The summed E-state index contributed by atoms with van der Waals surface area (Å²) < 4.78 is 26.2. The zero-order chi connectivity index (χ0) is 17.3. The molecule has 5 nitrogen and oxygen atoms in total. The average molecular weight is 337 g/mol. The first-order valence-corrected chi connectivity index (χ1v) is 8.24. The summed E-state index contributed by atoms with van der Waals surface area (Å²) in [5, 5.41) is 2.98. The number of hydrogen-bond acceptors (Lipinski definition) is 3. The summed E-state index contributed by atoms with van der Waals surface area (Å²) in [6.07, 6.45) is 2.10. The van der Waals surface area contributed by atoms with Gasteiger partial charge in [0.15, 0.2) is 11.6 Å². The summed E-state index contributed by atoms with van der Waals surface area (Å²) in [5.74, 6) is -2.28. The number of benzene rings is 1. The van der Waals surface area contributed by atoms with Gasteiger partial charge in [-0.1, -0.05) is 0 Å². The van der Waals surface area contributed by atoms with Crippen molar-refractivity contribution in [2.75, 3.05) is 26.2 Å². The highest BCUT2D eigenvalue weighted by molar-refractivity contribution is 5.94. The first kappa shape index (κ1) is 16.8. The predicted molar refractivity (Wildman–Crippen MR) is 84.5 cm³/mol. The second-order valence-electron chi connectivity index (χ2n) is 6.42. The van der Waals surface area contributed by atoms with Gasteiger partial charge in [-0.05, 0) is 38.0 Å². The van der Waals surface area contributed by atoms with Crippen LogP contribution in [0.2, 0.25) is 0 Å². The molecule has 24 heavy (non-hydrogen) atoms.